The largest absolute Gasteiger partial charge is 0.346 e. The summed E-state index contributed by atoms with van der Waals surface area (Å²) >= 11 is 3.75. The minimum Gasteiger partial charge on any atom is -0.346 e. The topological polar surface area (TPSA) is 29.1 Å². The van der Waals surface area contributed by atoms with Crippen LogP contribution in [0.15, 0.2) is 42.5 Å². The third-order valence-electron chi connectivity index (χ3n) is 3.20. The first-order chi connectivity index (χ1) is 8.50. The van der Waals surface area contributed by atoms with Gasteiger partial charge in [-0.1, -0.05) is 68.9 Å². The van der Waals surface area contributed by atoms with E-state index in [1.807, 2.05) is 12.1 Å². The molecule has 2 rings (SSSR count). The highest BCUT2D eigenvalue weighted by Gasteiger charge is 2.22. The Hall–Kier alpha value is -1.48. The van der Waals surface area contributed by atoms with Gasteiger partial charge in [0.15, 0.2) is 0 Å². The van der Waals surface area contributed by atoms with E-state index >= 15 is 0 Å². The number of hydrogen-bond donors (Lipinski definition) is 2. The lowest BCUT2D eigenvalue weighted by Gasteiger charge is -2.26. The van der Waals surface area contributed by atoms with Gasteiger partial charge < -0.3 is 5.32 Å². The van der Waals surface area contributed by atoms with Crippen molar-refractivity contribution in [1.82, 2.24) is 5.32 Å². The van der Waals surface area contributed by atoms with Crippen molar-refractivity contribution < 1.29 is 4.79 Å². The molecule has 0 atom stereocenters. The van der Waals surface area contributed by atoms with Crippen LogP contribution in [0.4, 0.5) is 4.79 Å². The third-order valence-corrected chi connectivity index (χ3v) is 3.36. The van der Waals surface area contributed by atoms with Gasteiger partial charge in [-0.15, -0.1) is 0 Å². The van der Waals surface area contributed by atoms with Gasteiger partial charge in [0.05, 0.1) is 0 Å². The molecule has 2 nitrogen and oxygen atoms in total. The van der Waals surface area contributed by atoms with E-state index in [4.69, 9.17) is 0 Å². The number of fused-ring (bicyclic) bond motifs is 1. The van der Waals surface area contributed by atoms with Crippen LogP contribution in [-0.2, 0) is 5.41 Å². The van der Waals surface area contributed by atoms with Crippen LogP contribution in [0.1, 0.15) is 19.4 Å². The van der Waals surface area contributed by atoms with E-state index in [0.29, 0.717) is 6.54 Å². The van der Waals surface area contributed by atoms with Crippen molar-refractivity contribution in [2.75, 3.05) is 6.54 Å². The maximum atomic E-state index is 10.9. The molecule has 0 spiro atoms. The van der Waals surface area contributed by atoms with Gasteiger partial charge in [-0.25, -0.2) is 0 Å². The summed E-state index contributed by atoms with van der Waals surface area (Å²) < 4.78 is 0. The number of hydrogen-bond acceptors (Lipinski definition) is 1. The average Bonchev–Trinajstić information content (AvgIpc) is 2.36. The van der Waals surface area contributed by atoms with Crippen LogP contribution < -0.4 is 5.32 Å². The second-order valence-corrected chi connectivity index (χ2v) is 5.48. The van der Waals surface area contributed by atoms with Crippen LogP contribution in [0.2, 0.25) is 0 Å². The second-order valence-electron chi connectivity index (χ2n) is 5.07. The Labute approximate surface area is 113 Å². The first-order valence-corrected chi connectivity index (χ1v) is 6.40. The van der Waals surface area contributed by atoms with Gasteiger partial charge in [-0.3, -0.25) is 4.79 Å². The molecule has 0 fully saturated rings. The molecule has 0 saturated carbocycles. The summed E-state index contributed by atoms with van der Waals surface area (Å²) in [5.41, 5.74) is 1.11. The molecule has 0 aliphatic carbocycles. The molecule has 0 unspecified atom stereocenters. The van der Waals surface area contributed by atoms with Crippen molar-refractivity contribution in [2.45, 2.75) is 19.3 Å². The zero-order valence-corrected chi connectivity index (χ0v) is 11.5. The SMILES string of the molecule is CC(C)(CNC(=O)S)c1cccc2ccccc12. The van der Waals surface area contributed by atoms with Crippen molar-refractivity contribution in [3.8, 4) is 0 Å². The Balaban J connectivity index is 2.43. The van der Waals surface area contributed by atoms with Crippen LogP contribution in [0, 0.1) is 0 Å². The summed E-state index contributed by atoms with van der Waals surface area (Å²) in [5.74, 6) is 0. The lowest BCUT2D eigenvalue weighted by atomic mass is 9.81. The van der Waals surface area contributed by atoms with Crippen LogP contribution >= 0.6 is 12.6 Å². The van der Waals surface area contributed by atoms with E-state index in [0.717, 1.165) is 0 Å². The highest BCUT2D eigenvalue weighted by atomic mass is 32.1. The minimum atomic E-state index is -0.289. The maximum absolute atomic E-state index is 10.9. The maximum Gasteiger partial charge on any atom is 0.276 e. The zero-order chi connectivity index (χ0) is 13.2. The number of benzene rings is 2. The van der Waals surface area contributed by atoms with Crippen molar-refractivity contribution >= 4 is 28.6 Å². The predicted octanol–water partition coefficient (Wildman–Crippen LogP) is 3.76. The molecule has 0 heterocycles. The lowest BCUT2D eigenvalue weighted by Crippen LogP contribution is -2.34. The monoisotopic (exact) mass is 259 g/mol. The fraction of sp³-hybridized carbons (Fsp3) is 0.267. The molecule has 0 saturated heterocycles. The van der Waals surface area contributed by atoms with Crippen molar-refractivity contribution in [3.05, 3.63) is 48.0 Å². The number of nitrogens with one attached hydrogen (secondary N) is 1. The molecule has 0 radical (unpaired) electrons. The normalized spacial score (nSPS) is 11.5. The van der Waals surface area contributed by atoms with E-state index in [9.17, 15) is 4.79 Å². The van der Waals surface area contributed by atoms with Crippen LogP contribution in [0.25, 0.3) is 10.8 Å². The van der Waals surface area contributed by atoms with Crippen molar-refractivity contribution in [3.63, 3.8) is 0 Å². The number of carbonyl (C=O) groups is 1. The molecule has 0 aliphatic heterocycles. The number of rotatable bonds is 3. The van der Waals surface area contributed by atoms with Crippen LogP contribution in [0.3, 0.4) is 0 Å². The third kappa shape index (κ3) is 2.67. The standard InChI is InChI=1S/C15H17NOS/c1-15(2,10-16-14(17)18)13-9-5-7-11-6-3-4-8-12(11)13/h3-9H,10H2,1-2H3,(H2,16,17,18). The van der Waals surface area contributed by atoms with E-state index in [1.165, 1.54) is 16.3 Å². The highest BCUT2D eigenvalue weighted by molar-refractivity contribution is 7.96. The Morgan fingerprint density at radius 2 is 1.83 bits per heavy atom. The molecule has 1 N–H and O–H groups in total. The summed E-state index contributed by atoms with van der Waals surface area (Å²) in [5, 5.41) is 4.94. The highest BCUT2D eigenvalue weighted by Crippen LogP contribution is 2.29. The average molecular weight is 259 g/mol. The molecular weight excluding hydrogens is 242 g/mol. The van der Waals surface area contributed by atoms with Gasteiger partial charge in [0, 0.05) is 12.0 Å². The fourth-order valence-electron chi connectivity index (χ4n) is 2.21. The smallest absolute Gasteiger partial charge is 0.276 e. The molecule has 3 heteroatoms. The summed E-state index contributed by atoms with van der Waals surface area (Å²) in [4.78, 5) is 10.9. The number of thiol groups is 1. The van der Waals surface area contributed by atoms with Gasteiger partial charge >= 0.3 is 0 Å². The van der Waals surface area contributed by atoms with E-state index in [2.05, 4.69) is 62.1 Å². The molecule has 2 aromatic rings. The van der Waals surface area contributed by atoms with Gasteiger partial charge in [0.25, 0.3) is 5.24 Å². The molecule has 2 aromatic carbocycles. The quantitative estimate of drug-likeness (QED) is 0.807. The fourth-order valence-corrected chi connectivity index (χ4v) is 2.29. The van der Waals surface area contributed by atoms with Crippen LogP contribution in [-0.4, -0.2) is 11.8 Å². The van der Waals surface area contributed by atoms with Gasteiger partial charge in [-0.05, 0) is 16.3 Å². The Bertz CT molecular complexity index is 572. The zero-order valence-electron chi connectivity index (χ0n) is 10.6. The predicted molar refractivity (Wildman–Crippen MR) is 79.4 cm³/mol. The Morgan fingerprint density at radius 1 is 1.17 bits per heavy atom. The summed E-state index contributed by atoms with van der Waals surface area (Å²) in [6.45, 7) is 4.82. The Kier molecular flexibility index (Phi) is 3.62. The van der Waals surface area contributed by atoms with E-state index < -0.39 is 0 Å². The van der Waals surface area contributed by atoms with Crippen molar-refractivity contribution in [2.24, 2.45) is 0 Å². The molecule has 94 valence electrons. The first kappa shape index (κ1) is 13.0. The van der Waals surface area contributed by atoms with Crippen LogP contribution in [0.5, 0.6) is 0 Å². The van der Waals surface area contributed by atoms with Gasteiger partial charge in [-0.2, -0.15) is 0 Å². The molecule has 0 bridgehead atoms. The second kappa shape index (κ2) is 5.02. The first-order valence-electron chi connectivity index (χ1n) is 5.96. The Morgan fingerprint density at radius 3 is 2.56 bits per heavy atom. The summed E-state index contributed by atoms with van der Waals surface area (Å²) in [6, 6.07) is 14.6. The van der Waals surface area contributed by atoms with Gasteiger partial charge in [0.1, 0.15) is 0 Å². The van der Waals surface area contributed by atoms with Gasteiger partial charge in [0.2, 0.25) is 0 Å². The van der Waals surface area contributed by atoms with E-state index in [1.54, 1.807) is 0 Å². The molecule has 0 aliphatic rings. The summed E-state index contributed by atoms with van der Waals surface area (Å²) in [7, 11) is 0. The van der Waals surface area contributed by atoms with Crippen molar-refractivity contribution in [1.29, 1.82) is 0 Å². The molecule has 0 aromatic heterocycles. The molecule has 18 heavy (non-hydrogen) atoms. The molecular formula is C15H17NOS. The lowest BCUT2D eigenvalue weighted by molar-refractivity contribution is 0.259. The minimum absolute atomic E-state index is 0.126. The number of amides is 1. The van der Waals surface area contributed by atoms with E-state index in [-0.39, 0.29) is 10.7 Å². The molecule has 1 amide bonds. The number of carbonyl (C=O) groups excluding carboxylic acids is 1. The summed E-state index contributed by atoms with van der Waals surface area (Å²) in [6.07, 6.45) is 0.